The van der Waals surface area contributed by atoms with Crippen LogP contribution in [0.5, 0.6) is 0 Å². The van der Waals surface area contributed by atoms with Gasteiger partial charge in [0.2, 0.25) is 0 Å². The third-order valence-electron chi connectivity index (χ3n) is 3.98. The highest BCUT2D eigenvalue weighted by molar-refractivity contribution is 7.12. The van der Waals surface area contributed by atoms with Gasteiger partial charge < -0.3 is 20.9 Å². The molecule has 6 heteroatoms. The van der Waals surface area contributed by atoms with Gasteiger partial charge in [-0.05, 0) is 44.9 Å². The van der Waals surface area contributed by atoms with Gasteiger partial charge >= 0.3 is 5.97 Å². The first-order valence-corrected chi connectivity index (χ1v) is 8.85. The lowest BCUT2D eigenvalue weighted by Crippen LogP contribution is -2.37. The van der Waals surface area contributed by atoms with Crippen molar-refractivity contribution in [2.24, 2.45) is 5.73 Å². The minimum absolute atomic E-state index is 0.266. The van der Waals surface area contributed by atoms with Crippen LogP contribution in [0.1, 0.15) is 48.5 Å². The molecule has 1 saturated heterocycles. The molecule has 1 fully saturated rings. The Kier molecular flexibility index (Phi) is 6.82. The van der Waals surface area contributed by atoms with Gasteiger partial charge in [0.25, 0.3) is 0 Å². The summed E-state index contributed by atoms with van der Waals surface area (Å²) in [7, 11) is 0. The van der Waals surface area contributed by atoms with Crippen LogP contribution in [0.3, 0.4) is 0 Å². The highest BCUT2D eigenvalue weighted by atomic mass is 32.1. The molecule has 0 spiro atoms. The Balaban J connectivity index is 1.93. The molecule has 124 valence electrons. The number of hydrogen-bond acceptors (Lipinski definition) is 6. The van der Waals surface area contributed by atoms with Crippen LogP contribution in [0.4, 0.5) is 0 Å². The first-order valence-electron chi connectivity index (χ1n) is 8.04. The van der Waals surface area contributed by atoms with E-state index in [0.29, 0.717) is 6.04 Å². The number of nitrogens with two attached hydrogens (primary N) is 1. The van der Waals surface area contributed by atoms with E-state index in [2.05, 4.69) is 5.32 Å². The molecular formula is C16H26N2O3S. The van der Waals surface area contributed by atoms with Crippen LogP contribution in [0.25, 0.3) is 0 Å². The summed E-state index contributed by atoms with van der Waals surface area (Å²) in [6.07, 6.45) is 4.97. The van der Waals surface area contributed by atoms with E-state index in [1.807, 2.05) is 12.1 Å². The van der Waals surface area contributed by atoms with Crippen molar-refractivity contribution in [3.8, 4) is 0 Å². The maximum atomic E-state index is 11.6. The highest BCUT2D eigenvalue weighted by Crippen LogP contribution is 2.27. The quantitative estimate of drug-likeness (QED) is 0.694. The molecule has 2 heterocycles. The summed E-state index contributed by atoms with van der Waals surface area (Å²) in [5.74, 6) is -0.560. The minimum Gasteiger partial charge on any atom is -0.465 e. The Labute approximate surface area is 135 Å². The second-order valence-corrected chi connectivity index (χ2v) is 6.93. The van der Waals surface area contributed by atoms with Crippen LogP contribution >= 0.6 is 11.3 Å². The van der Waals surface area contributed by atoms with Crippen LogP contribution in [-0.4, -0.2) is 36.3 Å². The van der Waals surface area contributed by atoms with E-state index in [1.54, 1.807) is 6.92 Å². The van der Waals surface area contributed by atoms with Crippen molar-refractivity contribution in [1.29, 1.82) is 0 Å². The van der Waals surface area contributed by atoms with Crippen LogP contribution in [-0.2, 0) is 16.0 Å². The lowest BCUT2D eigenvalue weighted by molar-refractivity contribution is -0.147. The third-order valence-corrected chi connectivity index (χ3v) is 5.16. The van der Waals surface area contributed by atoms with E-state index < -0.39 is 18.1 Å². The molecule has 0 bridgehead atoms. The van der Waals surface area contributed by atoms with Crippen molar-refractivity contribution in [2.75, 3.05) is 13.2 Å². The zero-order valence-corrected chi connectivity index (χ0v) is 13.9. The maximum absolute atomic E-state index is 11.6. The predicted octanol–water partition coefficient (Wildman–Crippen LogP) is 1.75. The van der Waals surface area contributed by atoms with Gasteiger partial charge in [-0.1, -0.05) is 12.8 Å². The van der Waals surface area contributed by atoms with Crippen LogP contribution in [0, 0.1) is 0 Å². The lowest BCUT2D eigenvalue weighted by Gasteiger charge is -2.16. The van der Waals surface area contributed by atoms with Gasteiger partial charge in [-0.15, -0.1) is 11.3 Å². The summed E-state index contributed by atoms with van der Waals surface area (Å²) in [6.45, 7) is 3.07. The molecule has 0 saturated carbocycles. The lowest BCUT2D eigenvalue weighted by atomic mass is 10.1. The van der Waals surface area contributed by atoms with Crippen LogP contribution in [0.15, 0.2) is 12.1 Å². The molecule has 3 unspecified atom stereocenters. The van der Waals surface area contributed by atoms with E-state index in [9.17, 15) is 9.90 Å². The Hall–Kier alpha value is -0.950. The number of aliphatic hydroxyl groups excluding tert-OH is 1. The van der Waals surface area contributed by atoms with Gasteiger partial charge in [-0.2, -0.15) is 0 Å². The van der Waals surface area contributed by atoms with E-state index in [4.69, 9.17) is 10.5 Å². The fourth-order valence-corrected chi connectivity index (χ4v) is 3.85. The molecule has 5 nitrogen and oxygen atoms in total. The van der Waals surface area contributed by atoms with Gasteiger partial charge in [0, 0.05) is 15.8 Å². The summed E-state index contributed by atoms with van der Waals surface area (Å²) >= 11 is 1.53. The number of hydrogen-bond donors (Lipinski definition) is 3. The zero-order chi connectivity index (χ0) is 15.9. The highest BCUT2D eigenvalue weighted by Gasteiger charge is 2.26. The van der Waals surface area contributed by atoms with E-state index in [-0.39, 0.29) is 6.61 Å². The monoisotopic (exact) mass is 326 g/mol. The second kappa shape index (κ2) is 8.62. The molecule has 22 heavy (non-hydrogen) atoms. The van der Waals surface area contributed by atoms with Crippen molar-refractivity contribution in [3.05, 3.63) is 21.9 Å². The number of ether oxygens (including phenoxy) is 1. The van der Waals surface area contributed by atoms with Gasteiger partial charge in [-0.3, -0.25) is 4.79 Å². The van der Waals surface area contributed by atoms with Gasteiger partial charge in [0.05, 0.1) is 6.61 Å². The van der Waals surface area contributed by atoms with Gasteiger partial charge in [0.15, 0.2) is 0 Å². The number of aliphatic hydroxyl groups is 1. The molecule has 3 atom stereocenters. The van der Waals surface area contributed by atoms with Gasteiger partial charge in [-0.25, -0.2) is 0 Å². The minimum atomic E-state index is -1.03. The zero-order valence-electron chi connectivity index (χ0n) is 13.1. The molecule has 4 N–H and O–H groups in total. The van der Waals surface area contributed by atoms with E-state index in [0.717, 1.165) is 17.8 Å². The number of rotatable bonds is 6. The first kappa shape index (κ1) is 17.4. The predicted molar refractivity (Wildman–Crippen MR) is 87.8 cm³/mol. The van der Waals surface area contributed by atoms with Crippen molar-refractivity contribution in [3.63, 3.8) is 0 Å². The van der Waals surface area contributed by atoms with Crippen molar-refractivity contribution in [2.45, 2.75) is 57.2 Å². The van der Waals surface area contributed by atoms with Gasteiger partial charge in [0.1, 0.15) is 12.1 Å². The molecule has 1 aromatic rings. The topological polar surface area (TPSA) is 84.6 Å². The molecule has 0 amide bonds. The summed E-state index contributed by atoms with van der Waals surface area (Å²) in [5.41, 5.74) is 5.76. The summed E-state index contributed by atoms with van der Waals surface area (Å²) in [4.78, 5) is 13.5. The number of carbonyl (C=O) groups is 1. The number of thiophene rings is 1. The summed E-state index contributed by atoms with van der Waals surface area (Å²) in [5, 5.41) is 13.8. The normalized spacial score (nSPS) is 21.9. The SMILES string of the molecule is CCOC(=O)C(N)C(O)c1ccc(CC2CCCCCN2)s1. The molecule has 0 radical (unpaired) electrons. The van der Waals surface area contributed by atoms with Crippen molar-refractivity contribution >= 4 is 17.3 Å². The fourth-order valence-electron chi connectivity index (χ4n) is 2.73. The first-order chi connectivity index (χ1) is 10.6. The average molecular weight is 326 g/mol. The Morgan fingerprint density at radius 3 is 3.09 bits per heavy atom. The van der Waals surface area contributed by atoms with Crippen molar-refractivity contribution in [1.82, 2.24) is 5.32 Å². The van der Waals surface area contributed by atoms with E-state index >= 15 is 0 Å². The molecule has 0 aliphatic carbocycles. The largest absolute Gasteiger partial charge is 0.465 e. The Morgan fingerprint density at radius 1 is 1.50 bits per heavy atom. The second-order valence-electron chi connectivity index (χ2n) is 5.73. The number of esters is 1. The molecule has 1 aromatic heterocycles. The maximum Gasteiger partial charge on any atom is 0.326 e. The number of carbonyl (C=O) groups excluding carboxylic acids is 1. The molecule has 1 aliphatic heterocycles. The smallest absolute Gasteiger partial charge is 0.326 e. The van der Waals surface area contributed by atoms with Crippen LogP contribution in [0.2, 0.25) is 0 Å². The Bertz CT molecular complexity index is 470. The fraction of sp³-hybridized carbons (Fsp3) is 0.688. The molecular weight excluding hydrogens is 300 g/mol. The average Bonchev–Trinajstić information content (AvgIpc) is 2.82. The van der Waals surface area contributed by atoms with E-state index in [1.165, 1.54) is 41.9 Å². The molecule has 0 aromatic carbocycles. The third kappa shape index (κ3) is 4.78. The standard InChI is InChI=1S/C16H26N2O3S/c1-2-21-16(20)14(17)15(19)13-8-7-12(22-13)10-11-6-4-3-5-9-18-11/h7-8,11,14-15,18-19H,2-6,9-10,17H2,1H3. The summed E-state index contributed by atoms with van der Waals surface area (Å²) in [6, 6.07) is 3.36. The molecule has 2 rings (SSSR count). The van der Waals surface area contributed by atoms with Crippen LogP contribution < -0.4 is 11.1 Å². The molecule has 1 aliphatic rings. The summed E-state index contributed by atoms with van der Waals surface area (Å²) < 4.78 is 4.86. The number of nitrogens with one attached hydrogen (secondary N) is 1. The Morgan fingerprint density at radius 2 is 2.32 bits per heavy atom. The van der Waals surface area contributed by atoms with Crippen molar-refractivity contribution < 1.29 is 14.6 Å².